The van der Waals surface area contributed by atoms with Crippen molar-refractivity contribution in [3.63, 3.8) is 0 Å². The number of aromatic nitrogens is 3. The molecule has 2 amide bonds. The Morgan fingerprint density at radius 3 is 2.55 bits per heavy atom. The van der Waals surface area contributed by atoms with Crippen LogP contribution >= 0.6 is 0 Å². The number of hydrogen-bond acceptors (Lipinski definition) is 9. The molecule has 0 spiro atoms. The number of nitrogens with zero attached hydrogens (tertiary/aromatic N) is 4. The van der Waals surface area contributed by atoms with Crippen molar-refractivity contribution in [1.29, 1.82) is 0 Å². The molecule has 3 N–H and O–H groups in total. The minimum absolute atomic E-state index is 0.145. The van der Waals surface area contributed by atoms with E-state index in [0.29, 0.717) is 53.7 Å². The maximum absolute atomic E-state index is 13.5. The highest BCUT2D eigenvalue weighted by atomic mass is 16.5. The number of benzene rings is 2. The molecule has 4 aromatic rings. The molecule has 3 heterocycles. The van der Waals surface area contributed by atoms with Gasteiger partial charge in [-0.2, -0.15) is 4.98 Å². The summed E-state index contributed by atoms with van der Waals surface area (Å²) in [5.41, 5.74) is 4.29. The monoisotopic (exact) mass is 541 g/mol. The molecule has 0 bridgehead atoms. The lowest BCUT2D eigenvalue weighted by atomic mass is 10.1. The number of aryl methyl sites for hydroxylation is 1. The third-order valence-corrected chi connectivity index (χ3v) is 6.59. The minimum atomic E-state index is -0.580. The van der Waals surface area contributed by atoms with Crippen LogP contribution in [-0.2, 0) is 9.59 Å². The molecular formula is C29H31N7O4. The van der Waals surface area contributed by atoms with Gasteiger partial charge in [0.25, 0.3) is 0 Å². The van der Waals surface area contributed by atoms with E-state index >= 15 is 0 Å². The molecular weight excluding hydrogens is 510 g/mol. The van der Waals surface area contributed by atoms with E-state index in [4.69, 9.17) is 14.5 Å². The molecule has 11 heteroatoms. The van der Waals surface area contributed by atoms with E-state index in [1.165, 1.54) is 6.92 Å². The van der Waals surface area contributed by atoms with Gasteiger partial charge in [0.15, 0.2) is 17.3 Å². The topological polar surface area (TPSA) is 131 Å². The van der Waals surface area contributed by atoms with Crippen molar-refractivity contribution in [2.75, 3.05) is 49.4 Å². The second-order valence-electron chi connectivity index (χ2n) is 9.46. The predicted octanol–water partition coefficient (Wildman–Crippen LogP) is 3.39. The molecule has 0 saturated carbocycles. The summed E-state index contributed by atoms with van der Waals surface area (Å²) in [6, 6.07) is 16.3. The number of ether oxygens (including phenoxy) is 2. The van der Waals surface area contributed by atoms with Crippen LogP contribution in [0.3, 0.4) is 0 Å². The maximum atomic E-state index is 13.5. The molecule has 1 atom stereocenters. The number of hydrogen-bond donors (Lipinski definition) is 3. The van der Waals surface area contributed by atoms with Crippen molar-refractivity contribution >= 4 is 40.3 Å². The number of piperazine rings is 1. The Bertz CT molecular complexity index is 1580. The fourth-order valence-electron chi connectivity index (χ4n) is 4.71. The van der Waals surface area contributed by atoms with Crippen LogP contribution < -0.4 is 30.3 Å². The van der Waals surface area contributed by atoms with Gasteiger partial charge in [-0.05, 0) is 55.0 Å². The van der Waals surface area contributed by atoms with E-state index in [-0.39, 0.29) is 17.8 Å². The molecule has 2 aromatic carbocycles. The summed E-state index contributed by atoms with van der Waals surface area (Å²) in [6.07, 6.45) is 0. The first-order valence-electron chi connectivity index (χ1n) is 12.9. The predicted molar refractivity (Wildman–Crippen MR) is 154 cm³/mol. The summed E-state index contributed by atoms with van der Waals surface area (Å²) in [5, 5.41) is 9.01. The zero-order valence-electron chi connectivity index (χ0n) is 22.8. The average molecular weight is 542 g/mol. The number of methoxy groups -OCH3 is 2. The van der Waals surface area contributed by atoms with Crippen LogP contribution in [0.1, 0.15) is 12.5 Å². The van der Waals surface area contributed by atoms with Gasteiger partial charge < -0.3 is 25.0 Å². The van der Waals surface area contributed by atoms with Gasteiger partial charge in [-0.25, -0.2) is 9.97 Å². The first kappa shape index (κ1) is 26.8. The Balaban J connectivity index is 1.59. The van der Waals surface area contributed by atoms with Gasteiger partial charge in [-0.1, -0.05) is 12.1 Å². The number of carbonyl (C=O) groups excluding carboxylic acids is 2. The summed E-state index contributed by atoms with van der Waals surface area (Å²) in [5.74, 6) is 1.32. The normalized spacial score (nSPS) is 15.0. The quantitative estimate of drug-likeness (QED) is 0.322. The van der Waals surface area contributed by atoms with Crippen molar-refractivity contribution in [3.05, 3.63) is 60.2 Å². The Hall–Kier alpha value is -4.77. The van der Waals surface area contributed by atoms with Crippen LogP contribution in [-0.4, -0.2) is 66.7 Å². The maximum Gasteiger partial charge on any atom is 0.248 e. The van der Waals surface area contributed by atoms with E-state index in [2.05, 4.69) is 25.9 Å². The lowest BCUT2D eigenvalue weighted by molar-refractivity contribution is -0.117. The van der Waals surface area contributed by atoms with Crippen molar-refractivity contribution in [2.45, 2.75) is 19.9 Å². The third-order valence-electron chi connectivity index (χ3n) is 6.59. The van der Waals surface area contributed by atoms with Gasteiger partial charge in [-0.15, -0.1) is 0 Å². The summed E-state index contributed by atoms with van der Waals surface area (Å²) in [7, 11) is 3.17. The van der Waals surface area contributed by atoms with Gasteiger partial charge in [0.1, 0.15) is 11.6 Å². The van der Waals surface area contributed by atoms with Crippen LogP contribution in [0.4, 0.5) is 17.5 Å². The zero-order valence-corrected chi connectivity index (χ0v) is 22.8. The molecule has 1 aliphatic rings. The molecule has 1 saturated heterocycles. The fourth-order valence-corrected chi connectivity index (χ4v) is 4.71. The van der Waals surface area contributed by atoms with E-state index in [1.54, 1.807) is 14.2 Å². The summed E-state index contributed by atoms with van der Waals surface area (Å²) < 4.78 is 10.9. The second kappa shape index (κ2) is 11.5. The molecule has 5 rings (SSSR count). The van der Waals surface area contributed by atoms with Crippen molar-refractivity contribution in [3.8, 4) is 22.8 Å². The third kappa shape index (κ3) is 5.64. The highest BCUT2D eigenvalue weighted by molar-refractivity contribution is 5.99. The van der Waals surface area contributed by atoms with Gasteiger partial charge in [0.05, 0.1) is 25.4 Å². The lowest BCUT2D eigenvalue weighted by Gasteiger charge is -2.36. The Morgan fingerprint density at radius 1 is 0.975 bits per heavy atom. The lowest BCUT2D eigenvalue weighted by Crippen LogP contribution is -2.57. The largest absolute Gasteiger partial charge is 0.493 e. The standard InChI is InChI=1S/C29H31N7O4/c1-17-6-5-7-20(14-17)32-28(38)23-16-30-12-13-36(23)27-26-22(34-29(35-27)31-18(2)37)10-9-21(33-26)19-8-11-24(39-3)25(15-19)40-4/h5-11,14-15,23,30H,12-13,16H2,1-4H3,(H,32,38)(H,31,34,35,37). The number of nitrogens with one attached hydrogen (secondary N) is 3. The number of amides is 2. The van der Waals surface area contributed by atoms with Crippen molar-refractivity contribution in [1.82, 2.24) is 20.3 Å². The number of pyridine rings is 1. The molecule has 1 aliphatic heterocycles. The molecule has 11 nitrogen and oxygen atoms in total. The molecule has 40 heavy (non-hydrogen) atoms. The van der Waals surface area contributed by atoms with E-state index in [0.717, 1.165) is 16.8 Å². The highest BCUT2D eigenvalue weighted by Gasteiger charge is 2.32. The first-order valence-corrected chi connectivity index (χ1v) is 12.9. The van der Waals surface area contributed by atoms with Gasteiger partial charge >= 0.3 is 0 Å². The Kier molecular flexibility index (Phi) is 7.74. The van der Waals surface area contributed by atoms with Crippen LogP contribution in [0.15, 0.2) is 54.6 Å². The molecule has 0 radical (unpaired) electrons. The number of carbonyl (C=O) groups is 2. The van der Waals surface area contributed by atoms with Gasteiger partial charge in [0, 0.05) is 37.8 Å². The van der Waals surface area contributed by atoms with Gasteiger partial charge in [-0.3, -0.25) is 14.9 Å². The van der Waals surface area contributed by atoms with Crippen LogP contribution in [0.5, 0.6) is 11.5 Å². The highest BCUT2D eigenvalue weighted by Crippen LogP contribution is 2.34. The van der Waals surface area contributed by atoms with E-state index < -0.39 is 6.04 Å². The number of fused-ring (bicyclic) bond motifs is 1. The first-order chi connectivity index (χ1) is 19.4. The van der Waals surface area contributed by atoms with Crippen LogP contribution in [0, 0.1) is 6.92 Å². The molecule has 206 valence electrons. The molecule has 1 fully saturated rings. The Morgan fingerprint density at radius 2 is 1.80 bits per heavy atom. The molecule has 1 unspecified atom stereocenters. The average Bonchev–Trinajstić information content (AvgIpc) is 2.95. The molecule has 2 aromatic heterocycles. The van der Waals surface area contributed by atoms with Crippen LogP contribution in [0.25, 0.3) is 22.3 Å². The second-order valence-corrected chi connectivity index (χ2v) is 9.46. The molecule has 0 aliphatic carbocycles. The minimum Gasteiger partial charge on any atom is -0.493 e. The fraction of sp³-hybridized carbons (Fsp3) is 0.276. The smallest absolute Gasteiger partial charge is 0.248 e. The van der Waals surface area contributed by atoms with Crippen LogP contribution in [0.2, 0.25) is 0 Å². The summed E-state index contributed by atoms with van der Waals surface area (Å²) in [6.45, 7) is 4.93. The number of rotatable bonds is 7. The van der Waals surface area contributed by atoms with E-state index in [9.17, 15) is 9.59 Å². The SMILES string of the molecule is COc1ccc(-c2ccc3nc(NC(C)=O)nc(N4CCNCC4C(=O)Nc4cccc(C)c4)c3n2)cc1OC. The zero-order chi connectivity index (χ0) is 28.2. The summed E-state index contributed by atoms with van der Waals surface area (Å²) >= 11 is 0. The number of anilines is 3. The summed E-state index contributed by atoms with van der Waals surface area (Å²) in [4.78, 5) is 41.5. The van der Waals surface area contributed by atoms with Crippen molar-refractivity contribution < 1.29 is 19.1 Å². The van der Waals surface area contributed by atoms with Gasteiger partial charge in [0.2, 0.25) is 17.8 Å². The van der Waals surface area contributed by atoms with E-state index in [1.807, 2.05) is 66.4 Å². The Labute approximate surface area is 231 Å². The van der Waals surface area contributed by atoms with Crippen molar-refractivity contribution in [2.24, 2.45) is 0 Å².